The number of para-hydroxylation sites is 1. The van der Waals surface area contributed by atoms with E-state index in [4.69, 9.17) is 22.1 Å². The fraction of sp³-hybridized carbons (Fsp3) is 0.0556. The summed E-state index contributed by atoms with van der Waals surface area (Å²) in [5.41, 5.74) is 10.3. The molecule has 0 saturated heterocycles. The smallest absolute Gasteiger partial charge is 0.164 e. The lowest BCUT2D eigenvalue weighted by molar-refractivity contribution is 0.660. The maximum Gasteiger partial charge on any atom is 0.164 e. The second-order valence-corrected chi connectivity index (χ2v) is 16.5. The summed E-state index contributed by atoms with van der Waals surface area (Å²) in [6, 6.07) is 44.9. The zero-order valence-electron chi connectivity index (χ0n) is 37.9. The molecule has 0 atom stereocenters. The molecule has 1 aliphatic carbocycles. The monoisotopic (exact) mass is 779 g/mol. The van der Waals surface area contributed by atoms with E-state index in [0.717, 1.165) is 55.5 Å². The maximum atomic E-state index is 9.81. The number of thiophene rings is 1. The van der Waals surface area contributed by atoms with E-state index in [1.165, 1.54) is 11.1 Å². The number of fused-ring (bicyclic) bond motifs is 9. The Morgan fingerprint density at radius 2 is 1.14 bits per heavy atom. The van der Waals surface area contributed by atoms with Crippen molar-refractivity contribution in [2.24, 2.45) is 0 Å². The highest BCUT2D eigenvalue weighted by molar-refractivity contribution is 7.26. The van der Waals surface area contributed by atoms with Gasteiger partial charge in [0.05, 0.1) is 8.22 Å². The fourth-order valence-electron chi connectivity index (χ4n) is 8.69. The van der Waals surface area contributed by atoms with Crippen molar-refractivity contribution in [2.75, 3.05) is 0 Å². The average Bonchev–Trinajstić information content (AvgIpc) is 3.99. The van der Waals surface area contributed by atoms with E-state index in [2.05, 4.69) is 62.4 Å². The number of aromatic nitrogens is 3. The van der Waals surface area contributed by atoms with Gasteiger partial charge in [0.25, 0.3) is 0 Å². The molecule has 0 unspecified atom stereocenters. The van der Waals surface area contributed by atoms with Crippen molar-refractivity contribution in [3.05, 3.63) is 187 Å². The van der Waals surface area contributed by atoms with Crippen LogP contribution in [0.4, 0.5) is 0 Å². The van der Waals surface area contributed by atoms with Crippen molar-refractivity contribution in [2.45, 2.75) is 19.3 Å². The second kappa shape index (κ2) is 12.9. The Bertz CT molecular complexity index is 3820. The highest BCUT2D eigenvalue weighted by Crippen LogP contribution is 2.49. The summed E-state index contributed by atoms with van der Waals surface area (Å²) in [5, 5.41) is 2.52. The van der Waals surface area contributed by atoms with Crippen LogP contribution in [0.2, 0.25) is 0 Å². The first kappa shape index (κ1) is 28.2. The van der Waals surface area contributed by atoms with Crippen molar-refractivity contribution in [1.82, 2.24) is 15.0 Å². The van der Waals surface area contributed by atoms with Crippen molar-refractivity contribution >= 4 is 53.4 Å². The zero-order chi connectivity index (χ0) is 44.5. The molecule has 3 heterocycles. The van der Waals surface area contributed by atoms with Gasteiger partial charge in [0, 0.05) is 53.1 Å². The lowest BCUT2D eigenvalue weighted by Gasteiger charge is -2.21. The molecule has 0 aliphatic heterocycles. The van der Waals surface area contributed by atoms with Gasteiger partial charge in [0.2, 0.25) is 0 Å². The van der Waals surface area contributed by atoms with Gasteiger partial charge < -0.3 is 4.42 Å². The summed E-state index contributed by atoms with van der Waals surface area (Å²) in [4.78, 5) is 15.0. The Morgan fingerprint density at radius 1 is 0.475 bits per heavy atom. The van der Waals surface area contributed by atoms with Gasteiger partial charge in [0.1, 0.15) is 11.2 Å². The summed E-state index contributed by atoms with van der Waals surface area (Å²) in [5.74, 6) is 0.791. The van der Waals surface area contributed by atoms with E-state index >= 15 is 0 Å². The molecule has 0 saturated carbocycles. The predicted octanol–water partition coefficient (Wildman–Crippen LogP) is 14.8. The van der Waals surface area contributed by atoms with Crippen molar-refractivity contribution < 1.29 is 12.6 Å². The number of benzene rings is 8. The Hall–Kier alpha value is -7.21. The number of hydrogen-bond acceptors (Lipinski definition) is 5. The Kier molecular flexibility index (Phi) is 6.17. The van der Waals surface area contributed by atoms with Crippen LogP contribution in [0.1, 0.15) is 33.2 Å². The Balaban J connectivity index is 1.07. The molecule has 0 spiro atoms. The highest BCUT2D eigenvalue weighted by atomic mass is 32.1. The number of nitrogens with zero attached hydrogens (tertiary/aromatic N) is 3. The van der Waals surface area contributed by atoms with Gasteiger partial charge in [-0.3, -0.25) is 0 Å². The molecule has 278 valence electrons. The van der Waals surface area contributed by atoms with Crippen LogP contribution in [0.15, 0.2) is 180 Å². The first-order valence-electron chi connectivity index (χ1n) is 22.5. The number of rotatable bonds is 5. The van der Waals surface area contributed by atoms with Crippen LogP contribution < -0.4 is 0 Å². The number of furan rings is 1. The second-order valence-electron chi connectivity index (χ2n) is 15.5. The largest absolute Gasteiger partial charge is 0.456 e. The highest BCUT2D eigenvalue weighted by Gasteiger charge is 2.35. The van der Waals surface area contributed by atoms with Crippen LogP contribution in [0, 0.1) is 0 Å². The molecule has 12 rings (SSSR count). The first-order chi connectivity index (χ1) is 31.5. The first-order valence-corrected chi connectivity index (χ1v) is 20.3. The fourth-order valence-corrected chi connectivity index (χ4v) is 9.71. The molecule has 11 aromatic rings. The van der Waals surface area contributed by atoms with E-state index in [9.17, 15) is 5.48 Å². The van der Waals surface area contributed by atoms with Gasteiger partial charge >= 0.3 is 0 Å². The van der Waals surface area contributed by atoms with E-state index < -0.39 is 0 Å². The molecule has 59 heavy (non-hydrogen) atoms. The zero-order valence-corrected chi connectivity index (χ0v) is 32.8. The third-order valence-electron chi connectivity index (χ3n) is 11.7. The molecule has 8 aromatic carbocycles. The van der Waals surface area contributed by atoms with E-state index in [0.29, 0.717) is 48.7 Å². The third-order valence-corrected chi connectivity index (χ3v) is 12.7. The third kappa shape index (κ3) is 5.39. The average molecular weight is 780 g/mol. The van der Waals surface area contributed by atoms with Gasteiger partial charge in [-0.25, -0.2) is 15.0 Å². The van der Waals surface area contributed by atoms with E-state index in [-0.39, 0.29) is 58.4 Å². The minimum atomic E-state index is -0.284. The van der Waals surface area contributed by atoms with Gasteiger partial charge in [-0.15, -0.1) is 11.3 Å². The van der Waals surface area contributed by atoms with Crippen LogP contribution in [0.25, 0.3) is 110 Å². The Morgan fingerprint density at radius 3 is 2.00 bits per heavy atom. The molecule has 4 nitrogen and oxygen atoms in total. The molecule has 5 heteroatoms. The summed E-state index contributed by atoms with van der Waals surface area (Å²) in [7, 11) is 0. The molecule has 0 amide bonds. The SMILES string of the molecule is [2H]c1c([2H])c(-c2ccc3c(c2)oc2ccccc23)c2c(sc3c([2H])c(-c4nc(-c5ccc(-c6ccccc6)cc5)nc(-c5ccc6c(c5)C(C)(C)c5ccccc5-6)n4)c([2H])c([2H])c32)c1[2H]. The van der Waals surface area contributed by atoms with Gasteiger partial charge in [0.15, 0.2) is 17.5 Å². The molecular weight excluding hydrogens is 739 g/mol. The lowest BCUT2D eigenvalue weighted by Crippen LogP contribution is -2.15. The Labute approximate surface area is 353 Å². The molecule has 0 N–H and O–H groups in total. The normalized spacial score (nSPS) is 14.5. The standard InChI is InChI=1S/C54H35N3OS/c1-54(2)44-16-8-6-13-39(44)40-26-24-36(29-45(40)54)52-55-51(34-21-19-33(20-22-34)32-11-4-3-5-12-32)56-53(57-52)37-25-28-43-49(31-37)59-48-18-10-15-38(50(43)48)35-23-27-42-41-14-7-9-17-46(41)58-47(42)30-35/h3-31H,1-2H3/i10D,15D,18D,25D,28D,31D. The van der Waals surface area contributed by atoms with Crippen molar-refractivity contribution in [3.63, 3.8) is 0 Å². The topological polar surface area (TPSA) is 51.8 Å². The van der Waals surface area contributed by atoms with Crippen LogP contribution in [0.5, 0.6) is 0 Å². The van der Waals surface area contributed by atoms with Crippen molar-refractivity contribution in [1.29, 1.82) is 0 Å². The van der Waals surface area contributed by atoms with Crippen LogP contribution in [-0.2, 0) is 5.41 Å². The summed E-state index contributed by atoms with van der Waals surface area (Å²) in [6.07, 6.45) is 0. The molecule has 3 aromatic heterocycles. The minimum absolute atomic E-state index is 0.0581. The summed E-state index contributed by atoms with van der Waals surface area (Å²) in [6.45, 7) is 4.43. The van der Waals surface area contributed by atoms with Gasteiger partial charge in [-0.2, -0.15) is 0 Å². The summed E-state index contributed by atoms with van der Waals surface area (Å²) >= 11 is 1.12. The molecule has 1 aliphatic rings. The molecular formula is C54H35N3OS. The molecule has 0 bridgehead atoms. The van der Waals surface area contributed by atoms with Gasteiger partial charge in [-0.05, 0) is 80.9 Å². The summed E-state index contributed by atoms with van der Waals surface area (Å²) < 4.78 is 63.1. The van der Waals surface area contributed by atoms with E-state index in [1.54, 1.807) is 0 Å². The van der Waals surface area contributed by atoms with Crippen LogP contribution in [0.3, 0.4) is 0 Å². The molecule has 0 fully saturated rings. The maximum absolute atomic E-state index is 9.81. The predicted molar refractivity (Wildman–Crippen MR) is 245 cm³/mol. The quantitative estimate of drug-likeness (QED) is 0.175. The number of hydrogen-bond donors (Lipinski definition) is 0. The molecule has 0 radical (unpaired) electrons. The lowest BCUT2D eigenvalue weighted by atomic mass is 9.82. The minimum Gasteiger partial charge on any atom is -0.456 e. The van der Waals surface area contributed by atoms with E-state index in [1.807, 2.05) is 91.0 Å². The van der Waals surface area contributed by atoms with Crippen LogP contribution >= 0.6 is 11.3 Å². The van der Waals surface area contributed by atoms with Crippen LogP contribution in [-0.4, -0.2) is 15.0 Å². The van der Waals surface area contributed by atoms with Crippen molar-refractivity contribution in [3.8, 4) is 67.5 Å². The van der Waals surface area contributed by atoms with Gasteiger partial charge in [-0.1, -0.05) is 153 Å².